The summed E-state index contributed by atoms with van der Waals surface area (Å²) in [5, 5.41) is 0. The van der Waals surface area contributed by atoms with E-state index in [9.17, 15) is 8.42 Å². The molecule has 1 aromatic carbocycles. The summed E-state index contributed by atoms with van der Waals surface area (Å²) in [7, 11) is -3.26. The summed E-state index contributed by atoms with van der Waals surface area (Å²) in [5.41, 5.74) is 6.63. The van der Waals surface area contributed by atoms with Crippen LogP contribution in [-0.2, 0) is 20.0 Å². The highest BCUT2D eigenvalue weighted by Crippen LogP contribution is 2.33. The van der Waals surface area contributed by atoms with E-state index in [-0.39, 0.29) is 10.9 Å². The molecule has 0 radical (unpaired) electrons. The van der Waals surface area contributed by atoms with Crippen molar-refractivity contribution in [1.29, 1.82) is 0 Å². The second-order valence-corrected chi connectivity index (χ2v) is 7.48. The summed E-state index contributed by atoms with van der Waals surface area (Å²) < 4.78 is 34.2. The standard InChI is InChI=1S/C13H16N2O4S/c1-13(7-18-6-11(13)14)12-15-9-5-8(20(2,16)17)3-4-10(9)19-12/h3-5,11H,6-7,14H2,1-2H3. The molecule has 1 fully saturated rings. The molecule has 0 amide bonds. The van der Waals surface area contributed by atoms with Crippen LogP contribution in [-0.4, -0.2) is 38.9 Å². The molecule has 3 rings (SSSR count). The van der Waals surface area contributed by atoms with Crippen LogP contribution in [0, 0.1) is 0 Å². The molecule has 7 heteroatoms. The van der Waals surface area contributed by atoms with Crippen molar-refractivity contribution in [2.75, 3.05) is 19.5 Å². The van der Waals surface area contributed by atoms with Gasteiger partial charge in [-0.15, -0.1) is 0 Å². The van der Waals surface area contributed by atoms with E-state index < -0.39 is 15.3 Å². The number of hydrogen-bond acceptors (Lipinski definition) is 6. The lowest BCUT2D eigenvalue weighted by Crippen LogP contribution is -2.42. The molecule has 108 valence electrons. The smallest absolute Gasteiger partial charge is 0.205 e. The Balaban J connectivity index is 2.12. The number of aromatic nitrogens is 1. The molecular formula is C13H16N2O4S. The maximum Gasteiger partial charge on any atom is 0.205 e. The van der Waals surface area contributed by atoms with Crippen LogP contribution in [0.4, 0.5) is 0 Å². The molecule has 1 saturated heterocycles. The Morgan fingerprint density at radius 1 is 1.45 bits per heavy atom. The fraction of sp³-hybridized carbons (Fsp3) is 0.462. The maximum absolute atomic E-state index is 11.6. The summed E-state index contributed by atoms with van der Waals surface area (Å²) in [6.45, 7) is 2.84. The molecule has 2 heterocycles. The molecule has 2 aromatic rings. The van der Waals surface area contributed by atoms with Crippen molar-refractivity contribution in [3.8, 4) is 0 Å². The van der Waals surface area contributed by atoms with Crippen LogP contribution in [0.25, 0.3) is 11.1 Å². The Hall–Kier alpha value is -1.44. The van der Waals surface area contributed by atoms with Gasteiger partial charge in [0.15, 0.2) is 15.4 Å². The van der Waals surface area contributed by atoms with E-state index in [2.05, 4.69) is 4.98 Å². The number of sulfone groups is 1. The molecular weight excluding hydrogens is 280 g/mol. The Bertz CT molecular complexity index is 768. The zero-order chi connectivity index (χ0) is 14.5. The molecule has 0 spiro atoms. The topological polar surface area (TPSA) is 95.4 Å². The van der Waals surface area contributed by atoms with Gasteiger partial charge in [0.2, 0.25) is 5.89 Å². The normalized spacial score (nSPS) is 27.2. The van der Waals surface area contributed by atoms with E-state index in [1.54, 1.807) is 6.07 Å². The van der Waals surface area contributed by atoms with Gasteiger partial charge < -0.3 is 14.9 Å². The fourth-order valence-electron chi connectivity index (χ4n) is 2.29. The number of hydrogen-bond donors (Lipinski definition) is 1. The molecule has 2 atom stereocenters. The van der Waals surface area contributed by atoms with Gasteiger partial charge in [0.05, 0.1) is 23.5 Å². The van der Waals surface area contributed by atoms with Crippen molar-refractivity contribution in [1.82, 2.24) is 4.98 Å². The predicted molar refractivity (Wildman–Crippen MR) is 73.3 cm³/mol. The van der Waals surface area contributed by atoms with Crippen LogP contribution in [0.15, 0.2) is 27.5 Å². The number of benzene rings is 1. The van der Waals surface area contributed by atoms with Gasteiger partial charge in [0, 0.05) is 12.3 Å². The summed E-state index contributed by atoms with van der Waals surface area (Å²) >= 11 is 0. The van der Waals surface area contributed by atoms with Crippen LogP contribution < -0.4 is 5.73 Å². The first-order chi connectivity index (χ1) is 9.30. The van der Waals surface area contributed by atoms with E-state index in [0.29, 0.717) is 30.2 Å². The molecule has 0 aliphatic carbocycles. The minimum Gasteiger partial charge on any atom is -0.440 e. The highest BCUT2D eigenvalue weighted by Gasteiger charge is 2.43. The second-order valence-electron chi connectivity index (χ2n) is 5.46. The highest BCUT2D eigenvalue weighted by molar-refractivity contribution is 7.90. The summed E-state index contributed by atoms with van der Waals surface area (Å²) in [6.07, 6.45) is 1.16. The minimum absolute atomic E-state index is 0.190. The lowest BCUT2D eigenvalue weighted by molar-refractivity contribution is 0.173. The van der Waals surface area contributed by atoms with E-state index in [1.165, 1.54) is 12.1 Å². The number of nitrogens with zero attached hydrogens (tertiary/aromatic N) is 1. The van der Waals surface area contributed by atoms with Crippen LogP contribution in [0.5, 0.6) is 0 Å². The highest BCUT2D eigenvalue weighted by atomic mass is 32.2. The average Bonchev–Trinajstić information content (AvgIpc) is 2.93. The van der Waals surface area contributed by atoms with E-state index >= 15 is 0 Å². The van der Waals surface area contributed by atoms with Crippen LogP contribution in [0.2, 0.25) is 0 Å². The predicted octanol–water partition coefficient (Wildman–Crippen LogP) is 0.847. The van der Waals surface area contributed by atoms with E-state index in [4.69, 9.17) is 14.9 Å². The fourth-order valence-corrected chi connectivity index (χ4v) is 2.93. The largest absolute Gasteiger partial charge is 0.440 e. The first-order valence-electron chi connectivity index (χ1n) is 6.25. The summed E-state index contributed by atoms with van der Waals surface area (Å²) in [5.74, 6) is 0.489. The Morgan fingerprint density at radius 3 is 2.80 bits per heavy atom. The molecule has 0 saturated carbocycles. The second kappa shape index (κ2) is 4.28. The van der Waals surface area contributed by atoms with E-state index in [0.717, 1.165) is 6.26 Å². The average molecular weight is 296 g/mol. The third-order valence-electron chi connectivity index (χ3n) is 3.79. The minimum atomic E-state index is -3.26. The van der Waals surface area contributed by atoms with Gasteiger partial charge in [-0.3, -0.25) is 0 Å². The zero-order valence-corrected chi connectivity index (χ0v) is 12.1. The SMILES string of the molecule is CC1(c2nc3cc(S(C)(=O)=O)ccc3o2)COCC1N. The van der Waals surface area contributed by atoms with Crippen LogP contribution in [0.1, 0.15) is 12.8 Å². The van der Waals surface area contributed by atoms with Gasteiger partial charge >= 0.3 is 0 Å². The Kier molecular flexibility index (Phi) is 2.89. The number of oxazole rings is 1. The van der Waals surface area contributed by atoms with Gasteiger partial charge in [0.25, 0.3) is 0 Å². The van der Waals surface area contributed by atoms with Gasteiger partial charge in [-0.05, 0) is 25.1 Å². The number of fused-ring (bicyclic) bond motifs is 1. The van der Waals surface area contributed by atoms with Gasteiger partial charge in [-0.2, -0.15) is 0 Å². The zero-order valence-electron chi connectivity index (χ0n) is 11.3. The monoisotopic (exact) mass is 296 g/mol. The maximum atomic E-state index is 11.6. The summed E-state index contributed by atoms with van der Waals surface area (Å²) in [6, 6.07) is 4.46. The molecule has 1 aromatic heterocycles. The lowest BCUT2D eigenvalue weighted by atomic mass is 9.86. The third-order valence-corrected chi connectivity index (χ3v) is 4.90. The van der Waals surface area contributed by atoms with Crippen molar-refractivity contribution in [2.45, 2.75) is 23.3 Å². The van der Waals surface area contributed by atoms with Gasteiger partial charge in [-0.1, -0.05) is 0 Å². The van der Waals surface area contributed by atoms with Crippen molar-refractivity contribution < 1.29 is 17.6 Å². The van der Waals surface area contributed by atoms with Crippen molar-refractivity contribution in [3.05, 3.63) is 24.1 Å². The molecule has 2 unspecified atom stereocenters. The Morgan fingerprint density at radius 2 is 2.20 bits per heavy atom. The lowest BCUT2D eigenvalue weighted by Gasteiger charge is -2.22. The number of nitrogens with two attached hydrogens (primary N) is 1. The van der Waals surface area contributed by atoms with Gasteiger partial charge in [-0.25, -0.2) is 13.4 Å². The van der Waals surface area contributed by atoms with Crippen molar-refractivity contribution >= 4 is 20.9 Å². The first kappa shape index (κ1) is 13.5. The quantitative estimate of drug-likeness (QED) is 0.882. The molecule has 0 bridgehead atoms. The summed E-state index contributed by atoms with van der Waals surface area (Å²) in [4.78, 5) is 4.62. The first-order valence-corrected chi connectivity index (χ1v) is 8.14. The molecule has 1 aliphatic heterocycles. The number of rotatable bonds is 2. The molecule has 6 nitrogen and oxygen atoms in total. The van der Waals surface area contributed by atoms with Crippen LogP contribution >= 0.6 is 0 Å². The molecule has 2 N–H and O–H groups in total. The van der Waals surface area contributed by atoms with E-state index in [1.807, 2.05) is 6.92 Å². The molecule has 20 heavy (non-hydrogen) atoms. The third kappa shape index (κ3) is 2.02. The van der Waals surface area contributed by atoms with Crippen LogP contribution in [0.3, 0.4) is 0 Å². The molecule has 1 aliphatic rings. The van der Waals surface area contributed by atoms with Crippen molar-refractivity contribution in [2.24, 2.45) is 5.73 Å². The van der Waals surface area contributed by atoms with Gasteiger partial charge in [0.1, 0.15) is 5.52 Å². The number of ether oxygens (including phenoxy) is 1. The van der Waals surface area contributed by atoms with Crippen molar-refractivity contribution in [3.63, 3.8) is 0 Å². The Labute approximate surface area is 116 Å².